The lowest BCUT2D eigenvalue weighted by molar-refractivity contribution is 0.0120. The summed E-state index contributed by atoms with van der Waals surface area (Å²) in [5.41, 5.74) is 2.02. The molecule has 0 amide bonds. The van der Waals surface area contributed by atoms with Crippen LogP contribution in [-0.4, -0.2) is 32.3 Å². The minimum absolute atomic E-state index is 0.119. The fourth-order valence-electron chi connectivity index (χ4n) is 2.74. The van der Waals surface area contributed by atoms with E-state index in [4.69, 9.17) is 4.74 Å². The summed E-state index contributed by atoms with van der Waals surface area (Å²) in [7, 11) is -3.68. The van der Waals surface area contributed by atoms with Crippen LogP contribution in [-0.2, 0) is 21.4 Å². The third-order valence-electron chi connectivity index (χ3n) is 4.24. The maximum atomic E-state index is 12.7. The molecule has 0 aliphatic rings. The van der Waals surface area contributed by atoms with E-state index < -0.39 is 16.1 Å². The Morgan fingerprint density at radius 2 is 1.73 bits per heavy atom. The number of sulfonamides is 1. The average Bonchev–Trinajstić information content (AvgIpc) is 2.63. The van der Waals surface area contributed by atoms with E-state index in [0.717, 1.165) is 11.1 Å². The number of rotatable bonds is 10. The minimum atomic E-state index is -3.68. The van der Waals surface area contributed by atoms with Gasteiger partial charge in [0.15, 0.2) is 0 Å². The van der Waals surface area contributed by atoms with E-state index >= 15 is 0 Å². The predicted octanol–water partition coefficient (Wildman–Crippen LogP) is 3.02. The molecule has 6 heteroatoms. The standard InChI is InChI=1S/C20H27NO4S/c1-3-20(25-15-17-7-5-4-6-8-17)19(13-14-22)21-26(23,24)18-11-9-16(2)10-12-18/h4-12,19-22H,3,13-15H2,1-2H3/t19-,20+/m0/s1. The Morgan fingerprint density at radius 1 is 1.08 bits per heavy atom. The topological polar surface area (TPSA) is 75.6 Å². The smallest absolute Gasteiger partial charge is 0.240 e. The molecule has 0 fully saturated rings. The lowest BCUT2D eigenvalue weighted by Gasteiger charge is -2.27. The molecular formula is C20H27NO4S. The number of hydrogen-bond donors (Lipinski definition) is 2. The van der Waals surface area contributed by atoms with Crippen molar-refractivity contribution in [1.82, 2.24) is 4.72 Å². The number of nitrogens with one attached hydrogen (secondary N) is 1. The van der Waals surface area contributed by atoms with Gasteiger partial charge in [0.25, 0.3) is 0 Å². The van der Waals surface area contributed by atoms with E-state index in [1.807, 2.05) is 44.2 Å². The molecule has 142 valence electrons. The molecule has 2 N–H and O–H groups in total. The molecular weight excluding hydrogens is 350 g/mol. The molecule has 0 saturated carbocycles. The molecule has 2 aromatic rings. The number of aliphatic hydroxyl groups is 1. The van der Waals surface area contributed by atoms with Gasteiger partial charge in [-0.05, 0) is 37.5 Å². The van der Waals surface area contributed by atoms with Gasteiger partial charge in [-0.3, -0.25) is 0 Å². The normalized spacial score (nSPS) is 14.1. The zero-order valence-electron chi connectivity index (χ0n) is 15.3. The van der Waals surface area contributed by atoms with E-state index in [-0.39, 0.29) is 17.6 Å². The summed E-state index contributed by atoms with van der Waals surface area (Å²) >= 11 is 0. The highest BCUT2D eigenvalue weighted by Gasteiger charge is 2.26. The van der Waals surface area contributed by atoms with E-state index in [2.05, 4.69) is 4.72 Å². The first kappa shape index (κ1) is 20.6. The Bertz CT molecular complexity index is 760. The Morgan fingerprint density at radius 3 is 2.31 bits per heavy atom. The molecule has 0 saturated heterocycles. The Labute approximate surface area is 156 Å². The van der Waals surface area contributed by atoms with Crippen molar-refractivity contribution in [2.45, 2.75) is 50.3 Å². The molecule has 0 bridgehead atoms. The van der Waals surface area contributed by atoms with Crippen LogP contribution < -0.4 is 4.72 Å². The van der Waals surface area contributed by atoms with Crippen LogP contribution in [0.4, 0.5) is 0 Å². The summed E-state index contributed by atoms with van der Waals surface area (Å²) < 4.78 is 34.0. The number of aliphatic hydroxyl groups excluding tert-OH is 1. The third-order valence-corrected chi connectivity index (χ3v) is 5.74. The molecule has 0 radical (unpaired) electrons. The zero-order valence-corrected chi connectivity index (χ0v) is 16.1. The van der Waals surface area contributed by atoms with Gasteiger partial charge in [-0.1, -0.05) is 55.0 Å². The van der Waals surface area contributed by atoms with Gasteiger partial charge in [0, 0.05) is 6.61 Å². The van der Waals surface area contributed by atoms with E-state index in [1.165, 1.54) is 0 Å². The van der Waals surface area contributed by atoms with Crippen molar-refractivity contribution in [3.05, 3.63) is 65.7 Å². The number of ether oxygens (including phenoxy) is 1. The second-order valence-corrected chi connectivity index (χ2v) is 8.01. The van der Waals surface area contributed by atoms with Crippen LogP contribution in [0, 0.1) is 6.92 Å². The van der Waals surface area contributed by atoms with Crippen LogP contribution in [0.3, 0.4) is 0 Å². The van der Waals surface area contributed by atoms with Crippen molar-refractivity contribution in [3.63, 3.8) is 0 Å². The summed E-state index contributed by atoms with van der Waals surface area (Å²) in [6, 6.07) is 15.9. The molecule has 0 aliphatic heterocycles. The molecule has 2 aromatic carbocycles. The van der Waals surface area contributed by atoms with E-state index in [0.29, 0.717) is 19.4 Å². The third kappa shape index (κ3) is 5.92. The van der Waals surface area contributed by atoms with Gasteiger partial charge in [-0.2, -0.15) is 0 Å². The molecule has 0 spiro atoms. The quantitative estimate of drug-likeness (QED) is 0.667. The number of aryl methyl sites for hydroxylation is 1. The number of benzene rings is 2. The van der Waals surface area contributed by atoms with Crippen molar-refractivity contribution in [1.29, 1.82) is 0 Å². The van der Waals surface area contributed by atoms with Crippen LogP contribution in [0.5, 0.6) is 0 Å². The second kappa shape index (κ2) is 9.83. The summed E-state index contributed by atoms with van der Waals surface area (Å²) in [5, 5.41) is 9.38. The first-order valence-electron chi connectivity index (χ1n) is 8.81. The van der Waals surface area contributed by atoms with Crippen LogP contribution in [0.25, 0.3) is 0 Å². The van der Waals surface area contributed by atoms with E-state index in [9.17, 15) is 13.5 Å². The van der Waals surface area contributed by atoms with Crippen molar-refractivity contribution in [3.8, 4) is 0 Å². The summed E-state index contributed by atoms with van der Waals surface area (Å²) in [4.78, 5) is 0.212. The van der Waals surface area contributed by atoms with Crippen molar-refractivity contribution >= 4 is 10.0 Å². The molecule has 0 aliphatic carbocycles. The highest BCUT2D eigenvalue weighted by atomic mass is 32.2. The van der Waals surface area contributed by atoms with Crippen LogP contribution in [0.2, 0.25) is 0 Å². The summed E-state index contributed by atoms with van der Waals surface area (Å²) in [6.45, 7) is 4.13. The SMILES string of the molecule is CC[C@@H](OCc1ccccc1)[C@H](CCO)NS(=O)(=O)c1ccc(C)cc1. The van der Waals surface area contributed by atoms with Gasteiger partial charge in [0.2, 0.25) is 10.0 Å². The molecule has 2 atom stereocenters. The maximum Gasteiger partial charge on any atom is 0.240 e. The fourth-order valence-corrected chi connectivity index (χ4v) is 4.04. The maximum absolute atomic E-state index is 12.7. The summed E-state index contributed by atoms with van der Waals surface area (Å²) in [5.74, 6) is 0. The van der Waals surface area contributed by atoms with E-state index in [1.54, 1.807) is 24.3 Å². The molecule has 0 unspecified atom stereocenters. The Balaban J connectivity index is 2.10. The van der Waals surface area contributed by atoms with Crippen molar-refractivity contribution < 1.29 is 18.3 Å². The number of hydrogen-bond acceptors (Lipinski definition) is 4. The summed E-state index contributed by atoms with van der Waals surface area (Å²) in [6.07, 6.45) is 0.592. The molecule has 26 heavy (non-hydrogen) atoms. The average molecular weight is 378 g/mol. The van der Waals surface area contributed by atoms with Crippen LogP contribution >= 0.6 is 0 Å². The van der Waals surface area contributed by atoms with Crippen LogP contribution in [0.1, 0.15) is 30.9 Å². The molecule has 0 aromatic heterocycles. The van der Waals surface area contributed by atoms with Gasteiger partial charge in [0.05, 0.1) is 23.6 Å². The van der Waals surface area contributed by atoms with Crippen molar-refractivity contribution in [2.75, 3.05) is 6.61 Å². The first-order chi connectivity index (χ1) is 12.5. The molecule has 0 heterocycles. The lowest BCUT2D eigenvalue weighted by atomic mass is 10.1. The van der Waals surface area contributed by atoms with Crippen LogP contribution in [0.15, 0.2) is 59.5 Å². The van der Waals surface area contributed by atoms with Gasteiger partial charge in [0.1, 0.15) is 0 Å². The van der Waals surface area contributed by atoms with Crippen molar-refractivity contribution in [2.24, 2.45) is 0 Å². The second-order valence-electron chi connectivity index (χ2n) is 6.30. The highest BCUT2D eigenvalue weighted by molar-refractivity contribution is 7.89. The minimum Gasteiger partial charge on any atom is -0.396 e. The monoisotopic (exact) mass is 377 g/mol. The molecule has 5 nitrogen and oxygen atoms in total. The first-order valence-corrected chi connectivity index (χ1v) is 10.3. The highest BCUT2D eigenvalue weighted by Crippen LogP contribution is 2.16. The Hall–Kier alpha value is -1.73. The fraction of sp³-hybridized carbons (Fsp3) is 0.400. The molecule has 2 rings (SSSR count). The van der Waals surface area contributed by atoms with Gasteiger partial charge >= 0.3 is 0 Å². The van der Waals surface area contributed by atoms with Gasteiger partial charge in [-0.25, -0.2) is 13.1 Å². The predicted molar refractivity (Wildman–Crippen MR) is 102 cm³/mol. The van der Waals surface area contributed by atoms with Gasteiger partial charge < -0.3 is 9.84 Å². The Kier molecular flexibility index (Phi) is 7.78. The van der Waals surface area contributed by atoms with Gasteiger partial charge in [-0.15, -0.1) is 0 Å². The lowest BCUT2D eigenvalue weighted by Crippen LogP contribution is -2.44. The zero-order chi connectivity index (χ0) is 19.0. The largest absolute Gasteiger partial charge is 0.396 e.